The van der Waals surface area contributed by atoms with Crippen LogP contribution in [0.25, 0.3) is 0 Å². The van der Waals surface area contributed by atoms with Crippen molar-refractivity contribution in [1.82, 2.24) is 15.5 Å². The van der Waals surface area contributed by atoms with Crippen molar-refractivity contribution >= 4 is 17.6 Å². The Hall–Kier alpha value is -2.93. The average molecular weight is 398 g/mol. The fourth-order valence-corrected chi connectivity index (χ4v) is 3.34. The minimum absolute atomic E-state index is 0.133. The number of urea groups is 1. The smallest absolute Gasteiger partial charge is 0.315 e. The molecule has 0 bridgehead atoms. The Morgan fingerprint density at radius 2 is 1.69 bits per heavy atom. The Morgan fingerprint density at radius 3 is 2.45 bits per heavy atom. The van der Waals surface area contributed by atoms with E-state index in [1.165, 1.54) is 31.4 Å². The van der Waals surface area contributed by atoms with Gasteiger partial charge in [0.15, 0.2) is 0 Å². The van der Waals surface area contributed by atoms with E-state index in [1.807, 2.05) is 18.2 Å². The highest BCUT2D eigenvalue weighted by Crippen LogP contribution is 2.16. The molecule has 154 valence electrons. The number of anilines is 1. The van der Waals surface area contributed by atoms with Crippen LogP contribution in [0.1, 0.15) is 30.4 Å². The third-order valence-corrected chi connectivity index (χ3v) is 4.84. The molecule has 0 saturated carbocycles. The second kappa shape index (κ2) is 10.6. The molecule has 2 aromatic rings. The molecular formula is C22H27FN4O2. The summed E-state index contributed by atoms with van der Waals surface area (Å²) in [5, 5.41) is 7.97. The van der Waals surface area contributed by atoms with Crippen molar-refractivity contribution in [3.8, 4) is 0 Å². The van der Waals surface area contributed by atoms with Gasteiger partial charge in [-0.3, -0.25) is 9.69 Å². The molecule has 0 aliphatic carbocycles. The van der Waals surface area contributed by atoms with E-state index in [0.717, 1.165) is 36.4 Å². The lowest BCUT2D eigenvalue weighted by Crippen LogP contribution is -2.39. The van der Waals surface area contributed by atoms with E-state index in [0.29, 0.717) is 0 Å². The first kappa shape index (κ1) is 20.8. The summed E-state index contributed by atoms with van der Waals surface area (Å²) in [6.45, 7) is 3.24. The molecule has 1 aliphatic rings. The number of nitrogens with zero attached hydrogens (tertiary/aromatic N) is 1. The number of nitrogens with one attached hydrogen (secondary N) is 3. The Balaban J connectivity index is 1.40. The van der Waals surface area contributed by atoms with Crippen molar-refractivity contribution in [1.29, 1.82) is 0 Å². The SMILES string of the molecule is O=C(CNC(=O)NCc1ccc(F)cc1)Nc1cccc(CN2CCCCC2)c1. The van der Waals surface area contributed by atoms with Crippen LogP contribution in [-0.2, 0) is 17.9 Å². The molecule has 29 heavy (non-hydrogen) atoms. The Bertz CT molecular complexity index is 820. The predicted molar refractivity (Wildman–Crippen MR) is 111 cm³/mol. The largest absolute Gasteiger partial charge is 0.334 e. The van der Waals surface area contributed by atoms with Gasteiger partial charge in [0.05, 0.1) is 6.54 Å². The molecule has 3 amide bonds. The molecule has 1 fully saturated rings. The first-order valence-electron chi connectivity index (χ1n) is 9.96. The summed E-state index contributed by atoms with van der Waals surface area (Å²) in [5.74, 6) is -0.619. The molecule has 0 atom stereocenters. The highest BCUT2D eigenvalue weighted by molar-refractivity contribution is 5.94. The fourth-order valence-electron chi connectivity index (χ4n) is 3.34. The second-order valence-electron chi connectivity index (χ2n) is 7.25. The molecular weight excluding hydrogens is 371 g/mol. The molecule has 3 N–H and O–H groups in total. The summed E-state index contributed by atoms with van der Waals surface area (Å²) < 4.78 is 12.9. The van der Waals surface area contributed by atoms with E-state index < -0.39 is 6.03 Å². The number of likely N-dealkylation sites (tertiary alicyclic amines) is 1. The van der Waals surface area contributed by atoms with Crippen molar-refractivity contribution in [3.05, 3.63) is 65.5 Å². The maximum Gasteiger partial charge on any atom is 0.315 e. The zero-order valence-corrected chi connectivity index (χ0v) is 16.4. The summed E-state index contributed by atoms with van der Waals surface area (Å²) in [6, 6.07) is 13.2. The van der Waals surface area contributed by atoms with Gasteiger partial charge < -0.3 is 16.0 Å². The zero-order valence-electron chi connectivity index (χ0n) is 16.4. The van der Waals surface area contributed by atoms with Gasteiger partial charge in [-0.05, 0) is 61.3 Å². The molecule has 1 saturated heterocycles. The maximum atomic E-state index is 12.9. The summed E-state index contributed by atoms with van der Waals surface area (Å²) in [6.07, 6.45) is 3.79. The van der Waals surface area contributed by atoms with Crippen molar-refractivity contribution < 1.29 is 14.0 Å². The topological polar surface area (TPSA) is 73.5 Å². The second-order valence-corrected chi connectivity index (χ2v) is 7.25. The quantitative estimate of drug-likeness (QED) is 0.670. The number of hydrogen-bond donors (Lipinski definition) is 3. The van der Waals surface area contributed by atoms with Gasteiger partial charge in [-0.2, -0.15) is 0 Å². The third-order valence-electron chi connectivity index (χ3n) is 4.84. The third kappa shape index (κ3) is 7.19. The van der Waals surface area contributed by atoms with Gasteiger partial charge in [-0.25, -0.2) is 9.18 Å². The first-order chi connectivity index (χ1) is 14.1. The van der Waals surface area contributed by atoms with E-state index in [2.05, 4.69) is 26.9 Å². The van der Waals surface area contributed by atoms with Crippen LogP contribution in [0.2, 0.25) is 0 Å². The normalized spacial score (nSPS) is 14.2. The average Bonchev–Trinajstić information content (AvgIpc) is 2.73. The number of halogens is 1. The molecule has 0 radical (unpaired) electrons. The van der Waals surface area contributed by atoms with Gasteiger partial charge in [-0.15, -0.1) is 0 Å². The van der Waals surface area contributed by atoms with E-state index in [-0.39, 0.29) is 24.8 Å². The number of piperidine rings is 1. The van der Waals surface area contributed by atoms with Gasteiger partial charge in [0.1, 0.15) is 5.82 Å². The zero-order chi connectivity index (χ0) is 20.5. The summed E-state index contributed by atoms with van der Waals surface area (Å²) in [5.41, 5.74) is 2.66. The molecule has 7 heteroatoms. The van der Waals surface area contributed by atoms with Crippen LogP contribution < -0.4 is 16.0 Å². The molecule has 0 unspecified atom stereocenters. The van der Waals surface area contributed by atoms with Crippen molar-refractivity contribution in [3.63, 3.8) is 0 Å². The number of amides is 3. The van der Waals surface area contributed by atoms with Gasteiger partial charge in [0, 0.05) is 18.8 Å². The summed E-state index contributed by atoms with van der Waals surface area (Å²) in [7, 11) is 0. The lowest BCUT2D eigenvalue weighted by Gasteiger charge is -2.26. The van der Waals surface area contributed by atoms with E-state index in [9.17, 15) is 14.0 Å². The van der Waals surface area contributed by atoms with E-state index >= 15 is 0 Å². The lowest BCUT2D eigenvalue weighted by molar-refractivity contribution is -0.115. The Labute approximate surface area is 170 Å². The first-order valence-corrected chi connectivity index (χ1v) is 9.96. The fraction of sp³-hybridized carbons (Fsp3) is 0.364. The van der Waals surface area contributed by atoms with Crippen molar-refractivity contribution in [2.75, 3.05) is 25.0 Å². The number of carbonyl (C=O) groups excluding carboxylic acids is 2. The standard InChI is InChI=1S/C22H27FN4O2/c23-19-9-7-17(8-10-19)14-24-22(29)25-15-21(28)26-20-6-4-5-18(13-20)16-27-11-2-1-3-12-27/h4-10,13H,1-3,11-12,14-16H2,(H,26,28)(H2,24,25,29). The number of carbonyl (C=O) groups is 2. The number of rotatable bonds is 7. The monoisotopic (exact) mass is 398 g/mol. The highest BCUT2D eigenvalue weighted by atomic mass is 19.1. The minimum atomic E-state index is -0.455. The number of hydrogen-bond acceptors (Lipinski definition) is 3. The minimum Gasteiger partial charge on any atom is -0.334 e. The maximum absolute atomic E-state index is 12.9. The molecule has 6 nitrogen and oxygen atoms in total. The molecule has 1 aliphatic heterocycles. The lowest BCUT2D eigenvalue weighted by atomic mass is 10.1. The van der Waals surface area contributed by atoms with E-state index in [1.54, 1.807) is 12.1 Å². The molecule has 2 aromatic carbocycles. The van der Waals surface area contributed by atoms with Crippen LogP contribution in [0.4, 0.5) is 14.9 Å². The van der Waals surface area contributed by atoms with Gasteiger partial charge in [-0.1, -0.05) is 30.7 Å². The van der Waals surface area contributed by atoms with Gasteiger partial charge >= 0.3 is 6.03 Å². The summed E-state index contributed by atoms with van der Waals surface area (Å²) in [4.78, 5) is 26.4. The molecule has 0 spiro atoms. The highest BCUT2D eigenvalue weighted by Gasteiger charge is 2.11. The molecule has 3 rings (SSSR count). The molecule has 0 aromatic heterocycles. The summed E-state index contributed by atoms with van der Waals surface area (Å²) >= 11 is 0. The Morgan fingerprint density at radius 1 is 0.931 bits per heavy atom. The van der Waals surface area contributed by atoms with Crippen LogP contribution in [0.5, 0.6) is 0 Å². The number of benzene rings is 2. The van der Waals surface area contributed by atoms with Gasteiger partial charge in [0.2, 0.25) is 5.91 Å². The predicted octanol–water partition coefficient (Wildman–Crippen LogP) is 3.25. The van der Waals surface area contributed by atoms with Gasteiger partial charge in [0.25, 0.3) is 0 Å². The van der Waals surface area contributed by atoms with Crippen molar-refractivity contribution in [2.24, 2.45) is 0 Å². The van der Waals surface area contributed by atoms with Crippen LogP contribution >= 0.6 is 0 Å². The van der Waals surface area contributed by atoms with Crippen molar-refractivity contribution in [2.45, 2.75) is 32.4 Å². The molecule has 1 heterocycles. The van der Waals surface area contributed by atoms with E-state index in [4.69, 9.17) is 0 Å². The van der Waals surface area contributed by atoms with Crippen LogP contribution in [0.3, 0.4) is 0 Å². The van der Waals surface area contributed by atoms with Crippen LogP contribution in [0, 0.1) is 5.82 Å². The van der Waals surface area contributed by atoms with Crippen LogP contribution in [-0.4, -0.2) is 36.5 Å². The Kier molecular flexibility index (Phi) is 7.58. The van der Waals surface area contributed by atoms with Crippen LogP contribution in [0.15, 0.2) is 48.5 Å².